The van der Waals surface area contributed by atoms with Gasteiger partial charge >= 0.3 is 5.97 Å². The van der Waals surface area contributed by atoms with Gasteiger partial charge in [0.2, 0.25) is 0 Å². The van der Waals surface area contributed by atoms with E-state index >= 15 is 0 Å². The second kappa shape index (κ2) is 6.22. The normalized spacial score (nSPS) is 22.1. The van der Waals surface area contributed by atoms with Gasteiger partial charge in [-0.05, 0) is 38.0 Å². The van der Waals surface area contributed by atoms with Crippen LogP contribution in [0.25, 0.3) is 0 Å². The number of carbonyl (C=O) groups excluding carboxylic acids is 1. The lowest BCUT2D eigenvalue weighted by Crippen LogP contribution is -2.26. The van der Waals surface area contributed by atoms with Gasteiger partial charge in [-0.25, -0.2) is 4.79 Å². The summed E-state index contributed by atoms with van der Waals surface area (Å²) < 4.78 is 7.12. The number of ether oxygens (including phenoxy) is 1. The molecule has 1 aliphatic rings. The molecule has 1 saturated carbocycles. The van der Waals surface area contributed by atoms with Gasteiger partial charge in [0.05, 0.1) is 18.5 Å². The predicted molar refractivity (Wildman–Crippen MR) is 74.1 cm³/mol. The Morgan fingerprint density at radius 3 is 2.79 bits per heavy atom. The highest BCUT2D eigenvalue weighted by Crippen LogP contribution is 2.34. The highest BCUT2D eigenvalue weighted by atomic mass is 16.5. The predicted octanol–water partition coefficient (Wildman–Crippen LogP) is 3.06. The highest BCUT2D eigenvalue weighted by Gasteiger charge is 2.27. The van der Waals surface area contributed by atoms with E-state index < -0.39 is 0 Å². The van der Waals surface area contributed by atoms with Crippen molar-refractivity contribution in [2.24, 2.45) is 11.8 Å². The second-order valence-electron chi connectivity index (χ2n) is 5.60. The van der Waals surface area contributed by atoms with Gasteiger partial charge in [-0.2, -0.15) is 5.10 Å². The number of nitrogens with zero attached hydrogens (tertiary/aromatic N) is 2. The highest BCUT2D eigenvalue weighted by molar-refractivity contribution is 5.90. The second-order valence-corrected chi connectivity index (χ2v) is 5.60. The fourth-order valence-electron chi connectivity index (χ4n) is 2.91. The smallest absolute Gasteiger partial charge is 0.341 e. The first-order chi connectivity index (χ1) is 9.15. The van der Waals surface area contributed by atoms with Crippen LogP contribution in [0.2, 0.25) is 0 Å². The Hall–Kier alpha value is -1.32. The van der Waals surface area contributed by atoms with E-state index in [-0.39, 0.29) is 5.97 Å². The quantitative estimate of drug-likeness (QED) is 0.742. The molecule has 0 bridgehead atoms. The zero-order chi connectivity index (χ0) is 13.8. The van der Waals surface area contributed by atoms with Crippen molar-refractivity contribution in [1.82, 2.24) is 9.78 Å². The van der Waals surface area contributed by atoms with Gasteiger partial charge in [-0.3, -0.25) is 4.68 Å². The van der Waals surface area contributed by atoms with E-state index in [2.05, 4.69) is 18.9 Å². The van der Waals surface area contributed by atoms with E-state index in [4.69, 9.17) is 4.74 Å². The Balaban J connectivity index is 2.11. The summed E-state index contributed by atoms with van der Waals surface area (Å²) in [5.74, 6) is 1.33. The molecule has 4 heteroatoms. The fourth-order valence-corrected chi connectivity index (χ4v) is 2.91. The molecule has 0 spiro atoms. The summed E-state index contributed by atoms with van der Waals surface area (Å²) in [5.41, 5.74) is 1.69. The van der Waals surface area contributed by atoms with E-state index in [1.165, 1.54) is 12.8 Å². The average Bonchev–Trinajstić information content (AvgIpc) is 2.72. The molecule has 4 nitrogen and oxygen atoms in total. The van der Waals surface area contributed by atoms with Crippen LogP contribution in [-0.4, -0.2) is 22.4 Å². The third kappa shape index (κ3) is 3.17. The Kier molecular flexibility index (Phi) is 4.61. The van der Waals surface area contributed by atoms with E-state index in [1.54, 1.807) is 6.20 Å². The minimum absolute atomic E-state index is 0.237. The summed E-state index contributed by atoms with van der Waals surface area (Å²) in [5, 5.41) is 4.40. The summed E-state index contributed by atoms with van der Waals surface area (Å²) in [6, 6.07) is 0. The standard InChI is InChI=1S/C15H24N2O2/c1-4-6-14-13(15(18)19-5-2)9-16-17(14)10-12-7-11(3)8-12/h9,11-12H,4-8,10H2,1-3H3. The fraction of sp³-hybridized carbons (Fsp3) is 0.733. The number of esters is 1. The monoisotopic (exact) mass is 264 g/mol. The largest absolute Gasteiger partial charge is 0.462 e. The van der Waals surface area contributed by atoms with Crippen LogP contribution < -0.4 is 0 Å². The molecule has 1 aromatic rings. The lowest BCUT2D eigenvalue weighted by molar-refractivity contribution is 0.0524. The molecule has 0 unspecified atom stereocenters. The third-order valence-electron chi connectivity index (χ3n) is 3.83. The lowest BCUT2D eigenvalue weighted by Gasteiger charge is -2.32. The van der Waals surface area contributed by atoms with Crippen molar-refractivity contribution in [3.63, 3.8) is 0 Å². The van der Waals surface area contributed by atoms with E-state index in [0.29, 0.717) is 12.2 Å². The molecule has 0 aliphatic heterocycles. The van der Waals surface area contributed by atoms with Crippen LogP contribution >= 0.6 is 0 Å². The molecule has 1 aliphatic carbocycles. The van der Waals surface area contributed by atoms with Crippen molar-refractivity contribution in [2.45, 2.75) is 53.0 Å². The van der Waals surface area contributed by atoms with Crippen molar-refractivity contribution >= 4 is 5.97 Å². The number of carbonyl (C=O) groups is 1. The summed E-state index contributed by atoms with van der Waals surface area (Å²) in [6.07, 6.45) is 6.13. The van der Waals surface area contributed by atoms with Crippen molar-refractivity contribution in [1.29, 1.82) is 0 Å². The van der Waals surface area contributed by atoms with Gasteiger partial charge in [0.1, 0.15) is 5.56 Å². The van der Waals surface area contributed by atoms with Crippen LogP contribution in [0.15, 0.2) is 6.20 Å². The van der Waals surface area contributed by atoms with Crippen LogP contribution in [-0.2, 0) is 17.7 Å². The van der Waals surface area contributed by atoms with Crippen LogP contribution in [0.1, 0.15) is 56.1 Å². The topological polar surface area (TPSA) is 44.1 Å². The molecule has 106 valence electrons. The average molecular weight is 264 g/mol. The molecule has 1 aromatic heterocycles. The Morgan fingerprint density at radius 2 is 2.21 bits per heavy atom. The molecule has 0 aromatic carbocycles. The molecule has 1 fully saturated rings. The number of hydrogen-bond acceptors (Lipinski definition) is 3. The number of aromatic nitrogens is 2. The molecule has 0 atom stereocenters. The minimum atomic E-state index is -0.237. The first-order valence-electron chi connectivity index (χ1n) is 7.37. The molecular formula is C15H24N2O2. The number of hydrogen-bond donors (Lipinski definition) is 0. The van der Waals surface area contributed by atoms with Gasteiger partial charge in [-0.1, -0.05) is 20.3 Å². The summed E-state index contributed by atoms with van der Waals surface area (Å²) in [7, 11) is 0. The van der Waals surface area contributed by atoms with Crippen molar-refractivity contribution in [3.05, 3.63) is 17.5 Å². The third-order valence-corrected chi connectivity index (χ3v) is 3.83. The van der Waals surface area contributed by atoms with E-state index in [1.807, 2.05) is 11.6 Å². The zero-order valence-corrected chi connectivity index (χ0v) is 12.2. The Bertz CT molecular complexity index is 433. The van der Waals surface area contributed by atoms with Gasteiger partial charge in [0.25, 0.3) is 0 Å². The van der Waals surface area contributed by atoms with Crippen molar-refractivity contribution in [2.75, 3.05) is 6.61 Å². The van der Waals surface area contributed by atoms with E-state index in [9.17, 15) is 4.79 Å². The summed E-state index contributed by atoms with van der Waals surface area (Å²) in [4.78, 5) is 11.9. The van der Waals surface area contributed by atoms with Gasteiger partial charge in [0, 0.05) is 6.54 Å². The Morgan fingerprint density at radius 1 is 1.47 bits per heavy atom. The zero-order valence-electron chi connectivity index (χ0n) is 12.2. The maximum Gasteiger partial charge on any atom is 0.341 e. The molecule has 1 heterocycles. The van der Waals surface area contributed by atoms with Crippen molar-refractivity contribution < 1.29 is 9.53 Å². The molecule has 0 N–H and O–H groups in total. The first-order valence-corrected chi connectivity index (χ1v) is 7.37. The number of rotatable bonds is 6. The molecule has 2 rings (SSSR count). The lowest BCUT2D eigenvalue weighted by atomic mass is 9.76. The van der Waals surface area contributed by atoms with Crippen LogP contribution in [0.4, 0.5) is 0 Å². The minimum Gasteiger partial charge on any atom is -0.462 e. The first kappa shape index (κ1) is 14.1. The SMILES string of the molecule is CCCc1c(C(=O)OCC)cnn1CC1CC(C)C1. The molecule has 0 radical (unpaired) electrons. The van der Waals surface area contributed by atoms with Crippen LogP contribution in [0.3, 0.4) is 0 Å². The maximum atomic E-state index is 11.9. The summed E-state index contributed by atoms with van der Waals surface area (Å²) >= 11 is 0. The van der Waals surface area contributed by atoms with E-state index in [0.717, 1.165) is 36.9 Å². The van der Waals surface area contributed by atoms with Gasteiger partial charge < -0.3 is 4.74 Å². The molecule has 0 amide bonds. The Labute approximate surface area is 115 Å². The maximum absolute atomic E-state index is 11.9. The molecule has 0 saturated heterocycles. The van der Waals surface area contributed by atoms with Crippen molar-refractivity contribution in [3.8, 4) is 0 Å². The van der Waals surface area contributed by atoms with Gasteiger partial charge in [0.15, 0.2) is 0 Å². The molecule has 19 heavy (non-hydrogen) atoms. The van der Waals surface area contributed by atoms with Gasteiger partial charge in [-0.15, -0.1) is 0 Å². The molecular weight excluding hydrogens is 240 g/mol. The van der Waals surface area contributed by atoms with Crippen LogP contribution in [0, 0.1) is 11.8 Å². The summed E-state index contributed by atoms with van der Waals surface area (Å²) in [6.45, 7) is 7.60. The van der Waals surface area contributed by atoms with Crippen LogP contribution in [0.5, 0.6) is 0 Å².